The molecule has 1 aliphatic heterocycles. The number of rotatable bonds is 4. The van der Waals surface area contributed by atoms with Gasteiger partial charge < -0.3 is 10.8 Å². The second-order valence-corrected chi connectivity index (χ2v) is 6.14. The van der Waals surface area contributed by atoms with E-state index in [-0.39, 0.29) is 6.04 Å². The monoisotopic (exact) mass is 262 g/mol. The molecule has 3 heteroatoms. The molecule has 1 aromatic rings. The molecule has 0 spiro atoms. The number of hydrogen-bond acceptors (Lipinski definition) is 3. The normalized spacial score (nSPS) is 25.8. The summed E-state index contributed by atoms with van der Waals surface area (Å²) in [6.07, 6.45) is 2.39. The molecule has 3 atom stereocenters. The van der Waals surface area contributed by atoms with Crippen LogP contribution >= 0.6 is 0 Å². The molecule has 3 N–H and O–H groups in total. The molecule has 0 aliphatic carbocycles. The van der Waals surface area contributed by atoms with Gasteiger partial charge in [-0.3, -0.25) is 4.90 Å². The first-order chi connectivity index (χ1) is 8.99. The molecular weight excluding hydrogens is 236 g/mol. The number of β-amino-alcohol motifs (C(OH)–C–C–N with tert-alkyl or cyclic N) is 1. The van der Waals surface area contributed by atoms with Crippen LogP contribution < -0.4 is 5.73 Å². The Hall–Kier alpha value is -0.900. The second-order valence-electron chi connectivity index (χ2n) is 6.14. The van der Waals surface area contributed by atoms with Gasteiger partial charge in [-0.1, -0.05) is 30.3 Å². The molecule has 1 heterocycles. The van der Waals surface area contributed by atoms with Crippen molar-refractivity contribution in [1.29, 1.82) is 0 Å². The zero-order valence-corrected chi connectivity index (χ0v) is 12.0. The van der Waals surface area contributed by atoms with E-state index in [2.05, 4.69) is 11.8 Å². The van der Waals surface area contributed by atoms with Crippen LogP contribution in [0.1, 0.15) is 32.3 Å². The predicted molar refractivity (Wildman–Crippen MR) is 78.8 cm³/mol. The Morgan fingerprint density at radius 2 is 2.11 bits per heavy atom. The molecule has 0 amide bonds. The van der Waals surface area contributed by atoms with Gasteiger partial charge in [-0.25, -0.2) is 0 Å². The molecule has 2 rings (SSSR count). The van der Waals surface area contributed by atoms with Crippen LogP contribution in [-0.4, -0.2) is 35.7 Å². The Bertz CT molecular complexity index is 389. The SMILES string of the molecule is CC(N)C1CCCN(CC(C)(O)c2ccccc2)C1. The fourth-order valence-corrected chi connectivity index (χ4v) is 2.99. The summed E-state index contributed by atoms with van der Waals surface area (Å²) in [5.74, 6) is 0.556. The van der Waals surface area contributed by atoms with Crippen LogP contribution in [0.4, 0.5) is 0 Å². The highest BCUT2D eigenvalue weighted by Gasteiger charge is 2.30. The maximum atomic E-state index is 10.7. The lowest BCUT2D eigenvalue weighted by molar-refractivity contribution is 0.00168. The van der Waals surface area contributed by atoms with Crippen molar-refractivity contribution in [3.63, 3.8) is 0 Å². The van der Waals surface area contributed by atoms with Crippen LogP contribution in [0.2, 0.25) is 0 Å². The average Bonchev–Trinajstić information content (AvgIpc) is 2.39. The summed E-state index contributed by atoms with van der Waals surface area (Å²) in [7, 11) is 0. The Morgan fingerprint density at radius 3 is 2.74 bits per heavy atom. The lowest BCUT2D eigenvalue weighted by Gasteiger charge is -2.38. The van der Waals surface area contributed by atoms with Crippen molar-refractivity contribution in [2.24, 2.45) is 11.7 Å². The van der Waals surface area contributed by atoms with Crippen molar-refractivity contribution in [2.45, 2.75) is 38.3 Å². The number of hydrogen-bond donors (Lipinski definition) is 2. The molecular formula is C16H26N2O. The Labute approximate surface area is 116 Å². The van der Waals surface area contributed by atoms with E-state index in [1.807, 2.05) is 37.3 Å². The maximum absolute atomic E-state index is 10.7. The largest absolute Gasteiger partial charge is 0.384 e. The highest BCUT2D eigenvalue weighted by atomic mass is 16.3. The third-order valence-electron chi connectivity index (χ3n) is 4.21. The average molecular weight is 262 g/mol. The molecule has 1 aliphatic rings. The minimum Gasteiger partial charge on any atom is -0.384 e. The number of nitrogens with two attached hydrogens (primary N) is 1. The van der Waals surface area contributed by atoms with Crippen molar-refractivity contribution in [1.82, 2.24) is 4.90 Å². The van der Waals surface area contributed by atoms with Gasteiger partial charge in [0.05, 0.1) is 5.60 Å². The first-order valence-electron chi connectivity index (χ1n) is 7.25. The summed E-state index contributed by atoms with van der Waals surface area (Å²) in [6, 6.07) is 10.2. The second kappa shape index (κ2) is 6.04. The minimum absolute atomic E-state index is 0.240. The van der Waals surface area contributed by atoms with E-state index in [9.17, 15) is 5.11 Å². The molecule has 1 aromatic carbocycles. The van der Waals surface area contributed by atoms with Gasteiger partial charge in [-0.15, -0.1) is 0 Å². The maximum Gasteiger partial charge on any atom is 0.0994 e. The van der Waals surface area contributed by atoms with Crippen LogP contribution in [0.3, 0.4) is 0 Å². The zero-order chi connectivity index (χ0) is 13.9. The standard InChI is InChI=1S/C16H26N2O/c1-13(17)14-7-6-10-18(11-14)12-16(2,19)15-8-4-3-5-9-15/h3-5,8-9,13-14,19H,6-7,10-12,17H2,1-2H3. The molecule has 1 saturated heterocycles. The minimum atomic E-state index is -0.791. The molecule has 3 nitrogen and oxygen atoms in total. The van der Waals surface area contributed by atoms with Gasteiger partial charge >= 0.3 is 0 Å². The van der Waals surface area contributed by atoms with Crippen molar-refractivity contribution >= 4 is 0 Å². The molecule has 0 aromatic heterocycles. The van der Waals surface area contributed by atoms with Gasteiger partial charge in [-0.05, 0) is 44.7 Å². The van der Waals surface area contributed by atoms with Gasteiger partial charge in [0.15, 0.2) is 0 Å². The van der Waals surface area contributed by atoms with Gasteiger partial charge in [0.2, 0.25) is 0 Å². The number of aliphatic hydroxyl groups is 1. The third-order valence-corrected chi connectivity index (χ3v) is 4.21. The number of likely N-dealkylation sites (tertiary alicyclic amines) is 1. The molecule has 0 saturated carbocycles. The fraction of sp³-hybridized carbons (Fsp3) is 0.625. The molecule has 0 bridgehead atoms. The van der Waals surface area contributed by atoms with E-state index in [1.54, 1.807) is 0 Å². The summed E-state index contributed by atoms with van der Waals surface area (Å²) < 4.78 is 0. The van der Waals surface area contributed by atoms with Gasteiger partial charge in [0, 0.05) is 19.1 Å². The van der Waals surface area contributed by atoms with Crippen molar-refractivity contribution in [2.75, 3.05) is 19.6 Å². The number of nitrogens with zero attached hydrogens (tertiary/aromatic N) is 1. The van der Waals surface area contributed by atoms with Crippen LogP contribution in [0.5, 0.6) is 0 Å². The quantitative estimate of drug-likeness (QED) is 0.872. The molecule has 106 valence electrons. The van der Waals surface area contributed by atoms with Crippen LogP contribution in [-0.2, 0) is 5.60 Å². The van der Waals surface area contributed by atoms with Crippen molar-refractivity contribution in [3.05, 3.63) is 35.9 Å². The van der Waals surface area contributed by atoms with Crippen LogP contribution in [0.25, 0.3) is 0 Å². The Balaban J connectivity index is 2.00. The van der Waals surface area contributed by atoms with Gasteiger partial charge in [-0.2, -0.15) is 0 Å². The van der Waals surface area contributed by atoms with E-state index < -0.39 is 5.60 Å². The topological polar surface area (TPSA) is 49.5 Å². The molecule has 19 heavy (non-hydrogen) atoms. The number of piperidine rings is 1. The van der Waals surface area contributed by atoms with E-state index in [1.165, 1.54) is 12.8 Å². The smallest absolute Gasteiger partial charge is 0.0994 e. The molecule has 0 radical (unpaired) electrons. The van der Waals surface area contributed by atoms with Gasteiger partial charge in [0.1, 0.15) is 0 Å². The lowest BCUT2D eigenvalue weighted by Crippen LogP contribution is -2.47. The first-order valence-corrected chi connectivity index (χ1v) is 7.25. The highest BCUT2D eigenvalue weighted by Crippen LogP contribution is 2.25. The summed E-state index contributed by atoms with van der Waals surface area (Å²) in [5.41, 5.74) is 6.21. The van der Waals surface area contributed by atoms with E-state index in [4.69, 9.17) is 5.73 Å². The Morgan fingerprint density at radius 1 is 1.42 bits per heavy atom. The Kier molecular flexibility index (Phi) is 4.61. The van der Waals surface area contributed by atoms with Crippen LogP contribution in [0, 0.1) is 5.92 Å². The summed E-state index contributed by atoms with van der Waals surface area (Å²) in [4.78, 5) is 2.35. The van der Waals surface area contributed by atoms with E-state index in [0.717, 1.165) is 18.7 Å². The van der Waals surface area contributed by atoms with E-state index >= 15 is 0 Å². The number of benzene rings is 1. The predicted octanol–water partition coefficient (Wildman–Crippen LogP) is 1.95. The summed E-state index contributed by atoms with van der Waals surface area (Å²) in [5, 5.41) is 10.7. The first kappa shape index (κ1) is 14.5. The third kappa shape index (κ3) is 3.78. The molecule has 1 fully saturated rings. The van der Waals surface area contributed by atoms with Gasteiger partial charge in [0.25, 0.3) is 0 Å². The van der Waals surface area contributed by atoms with E-state index in [0.29, 0.717) is 12.5 Å². The fourth-order valence-electron chi connectivity index (χ4n) is 2.99. The van der Waals surface area contributed by atoms with Crippen molar-refractivity contribution < 1.29 is 5.11 Å². The highest BCUT2D eigenvalue weighted by molar-refractivity contribution is 5.21. The lowest BCUT2D eigenvalue weighted by atomic mass is 9.89. The van der Waals surface area contributed by atoms with Crippen LogP contribution in [0.15, 0.2) is 30.3 Å². The van der Waals surface area contributed by atoms with Crippen molar-refractivity contribution in [3.8, 4) is 0 Å². The summed E-state index contributed by atoms with van der Waals surface area (Å²) >= 11 is 0. The molecule has 3 unspecified atom stereocenters. The summed E-state index contributed by atoms with van der Waals surface area (Å²) in [6.45, 7) is 6.73. The zero-order valence-electron chi connectivity index (χ0n) is 12.0.